The molecule has 1 aromatic rings. The lowest BCUT2D eigenvalue weighted by Gasteiger charge is -2.45. The predicted molar refractivity (Wildman–Crippen MR) is 80.7 cm³/mol. The van der Waals surface area contributed by atoms with Gasteiger partial charge in [0.15, 0.2) is 0 Å². The van der Waals surface area contributed by atoms with Gasteiger partial charge in [-0.3, -0.25) is 0 Å². The summed E-state index contributed by atoms with van der Waals surface area (Å²) < 4.78 is 47.1. The zero-order valence-electron chi connectivity index (χ0n) is 12.8. The molecular weight excluding hydrogens is 307 g/mol. The van der Waals surface area contributed by atoms with Crippen molar-refractivity contribution in [1.82, 2.24) is 9.21 Å². The Hall–Kier alpha value is -1.02. The van der Waals surface area contributed by atoms with Crippen molar-refractivity contribution in [2.24, 2.45) is 0 Å². The second-order valence-corrected chi connectivity index (χ2v) is 7.94. The minimum absolute atomic E-state index is 0.103. The molecule has 0 N–H and O–H groups in total. The highest BCUT2D eigenvalue weighted by Gasteiger charge is 2.42. The maximum atomic E-state index is 14.2. The second-order valence-electron chi connectivity index (χ2n) is 6.08. The van der Waals surface area contributed by atoms with E-state index in [4.69, 9.17) is 4.74 Å². The van der Waals surface area contributed by atoms with Gasteiger partial charge in [-0.2, -0.15) is 4.31 Å². The van der Waals surface area contributed by atoms with E-state index < -0.39 is 15.8 Å². The Labute approximate surface area is 130 Å². The van der Waals surface area contributed by atoms with Crippen molar-refractivity contribution in [3.05, 3.63) is 29.6 Å². The van der Waals surface area contributed by atoms with Gasteiger partial charge in [0.2, 0.25) is 10.0 Å². The second kappa shape index (κ2) is 5.88. The number of piperidine rings is 1. The van der Waals surface area contributed by atoms with Crippen LogP contribution >= 0.6 is 0 Å². The van der Waals surface area contributed by atoms with E-state index in [1.54, 1.807) is 13.0 Å². The van der Waals surface area contributed by atoms with Gasteiger partial charge in [0.05, 0.1) is 18.8 Å². The summed E-state index contributed by atoms with van der Waals surface area (Å²) in [5.41, 5.74) is 0.703. The quantitative estimate of drug-likeness (QED) is 0.819. The normalized spacial score (nSPS) is 27.6. The Kier molecular flexibility index (Phi) is 4.24. The predicted octanol–water partition coefficient (Wildman–Crippen LogP) is 1.23. The molecule has 7 heteroatoms. The Morgan fingerprint density at radius 3 is 2.82 bits per heavy atom. The SMILES string of the molecule is Cc1ccc(S(=O)(=O)N2CCO[C@@H]3CCN(C)C[C@@H]32)c(F)c1. The summed E-state index contributed by atoms with van der Waals surface area (Å²) in [5.74, 6) is -0.688. The van der Waals surface area contributed by atoms with Crippen LogP contribution in [0, 0.1) is 12.7 Å². The number of nitrogens with zero attached hydrogens (tertiary/aromatic N) is 2. The molecule has 0 radical (unpaired) electrons. The summed E-state index contributed by atoms with van der Waals surface area (Å²) in [6, 6.07) is 3.99. The van der Waals surface area contributed by atoms with Crippen LogP contribution in [0.25, 0.3) is 0 Å². The van der Waals surface area contributed by atoms with E-state index in [2.05, 4.69) is 4.90 Å². The molecule has 0 spiro atoms. The van der Waals surface area contributed by atoms with Crippen molar-refractivity contribution < 1.29 is 17.5 Å². The number of hydrogen-bond acceptors (Lipinski definition) is 4. The molecule has 0 aromatic heterocycles. The topological polar surface area (TPSA) is 49.9 Å². The molecule has 3 rings (SSSR count). The molecule has 22 heavy (non-hydrogen) atoms. The van der Waals surface area contributed by atoms with Crippen LogP contribution in [0.5, 0.6) is 0 Å². The van der Waals surface area contributed by atoms with Crippen LogP contribution in [0.15, 0.2) is 23.1 Å². The van der Waals surface area contributed by atoms with Gasteiger partial charge >= 0.3 is 0 Å². The van der Waals surface area contributed by atoms with E-state index in [1.165, 1.54) is 16.4 Å². The minimum atomic E-state index is -3.85. The lowest BCUT2D eigenvalue weighted by atomic mass is 10.0. The van der Waals surface area contributed by atoms with Crippen LogP contribution in [0.3, 0.4) is 0 Å². The van der Waals surface area contributed by atoms with Gasteiger partial charge in [0, 0.05) is 19.6 Å². The molecular formula is C15H21FN2O3S. The first-order valence-corrected chi connectivity index (χ1v) is 8.92. The number of aryl methyl sites for hydroxylation is 1. The van der Waals surface area contributed by atoms with Crippen molar-refractivity contribution >= 4 is 10.0 Å². The fraction of sp³-hybridized carbons (Fsp3) is 0.600. The molecule has 1 aromatic carbocycles. The number of morpholine rings is 1. The molecule has 0 bridgehead atoms. The molecule has 2 atom stereocenters. The summed E-state index contributed by atoms with van der Waals surface area (Å²) in [7, 11) is -1.89. The molecule has 2 aliphatic rings. The smallest absolute Gasteiger partial charge is 0.246 e. The first-order chi connectivity index (χ1) is 10.4. The monoisotopic (exact) mass is 328 g/mol. The van der Waals surface area contributed by atoms with Gasteiger partial charge in [-0.15, -0.1) is 0 Å². The molecule has 5 nitrogen and oxygen atoms in total. The molecule has 0 unspecified atom stereocenters. The average Bonchev–Trinajstić information content (AvgIpc) is 2.46. The summed E-state index contributed by atoms with van der Waals surface area (Å²) in [6.07, 6.45) is 0.692. The molecule has 0 amide bonds. The van der Waals surface area contributed by atoms with Crippen LogP contribution in [-0.2, 0) is 14.8 Å². The van der Waals surface area contributed by atoms with Crippen LogP contribution < -0.4 is 0 Å². The number of benzene rings is 1. The standard InChI is InChI=1S/C15H21FN2O3S/c1-11-3-4-15(12(16)9-11)22(19,20)18-7-8-21-14-5-6-17(2)10-13(14)18/h3-4,9,13-14H,5-8,10H2,1-2H3/t13-,14+/m0/s1. The van der Waals surface area contributed by atoms with E-state index in [0.29, 0.717) is 18.7 Å². The molecule has 2 fully saturated rings. The van der Waals surface area contributed by atoms with E-state index in [0.717, 1.165) is 13.0 Å². The van der Waals surface area contributed by atoms with E-state index in [-0.39, 0.29) is 23.6 Å². The Bertz CT molecular complexity index is 665. The van der Waals surface area contributed by atoms with Crippen molar-refractivity contribution in [3.8, 4) is 0 Å². The zero-order valence-corrected chi connectivity index (χ0v) is 13.6. The number of likely N-dealkylation sites (tertiary alicyclic amines) is 1. The van der Waals surface area contributed by atoms with Gasteiger partial charge in [0.25, 0.3) is 0 Å². The largest absolute Gasteiger partial charge is 0.375 e. The van der Waals surface area contributed by atoms with Crippen molar-refractivity contribution in [3.63, 3.8) is 0 Å². The molecule has 0 saturated carbocycles. The van der Waals surface area contributed by atoms with E-state index >= 15 is 0 Å². The van der Waals surface area contributed by atoms with Gasteiger partial charge in [-0.05, 0) is 38.1 Å². The van der Waals surface area contributed by atoms with Crippen LogP contribution in [0.1, 0.15) is 12.0 Å². The highest BCUT2D eigenvalue weighted by atomic mass is 32.2. The lowest BCUT2D eigenvalue weighted by molar-refractivity contribution is -0.0720. The fourth-order valence-corrected chi connectivity index (χ4v) is 4.91. The third kappa shape index (κ3) is 2.78. The van der Waals surface area contributed by atoms with Gasteiger partial charge in [-0.1, -0.05) is 6.07 Å². The number of halogens is 1. The van der Waals surface area contributed by atoms with Crippen LogP contribution in [-0.4, -0.2) is 63.1 Å². The van der Waals surface area contributed by atoms with Crippen LogP contribution in [0.4, 0.5) is 4.39 Å². The highest BCUT2D eigenvalue weighted by Crippen LogP contribution is 2.29. The first kappa shape index (κ1) is 15.9. The third-order valence-electron chi connectivity index (χ3n) is 4.41. The zero-order chi connectivity index (χ0) is 15.9. The summed E-state index contributed by atoms with van der Waals surface area (Å²) in [6.45, 7) is 3.86. The van der Waals surface area contributed by atoms with Gasteiger partial charge < -0.3 is 9.64 Å². The Balaban J connectivity index is 1.96. The number of hydrogen-bond donors (Lipinski definition) is 0. The maximum Gasteiger partial charge on any atom is 0.246 e. The van der Waals surface area contributed by atoms with Gasteiger partial charge in [0.1, 0.15) is 10.7 Å². The summed E-state index contributed by atoms with van der Waals surface area (Å²) in [5, 5.41) is 0. The van der Waals surface area contributed by atoms with E-state index in [9.17, 15) is 12.8 Å². The number of fused-ring (bicyclic) bond motifs is 1. The maximum absolute atomic E-state index is 14.2. The Morgan fingerprint density at radius 2 is 2.09 bits per heavy atom. The molecule has 2 heterocycles. The average molecular weight is 328 g/mol. The molecule has 122 valence electrons. The summed E-state index contributed by atoms with van der Waals surface area (Å²) in [4.78, 5) is 1.84. The van der Waals surface area contributed by atoms with Crippen molar-refractivity contribution in [1.29, 1.82) is 0 Å². The minimum Gasteiger partial charge on any atom is -0.375 e. The number of likely N-dealkylation sites (N-methyl/N-ethyl adjacent to an activating group) is 1. The van der Waals surface area contributed by atoms with Crippen molar-refractivity contribution in [2.75, 3.05) is 33.3 Å². The third-order valence-corrected chi connectivity index (χ3v) is 6.37. The van der Waals surface area contributed by atoms with Crippen LogP contribution in [0.2, 0.25) is 0 Å². The lowest BCUT2D eigenvalue weighted by Crippen LogP contribution is -2.60. The Morgan fingerprint density at radius 1 is 1.32 bits per heavy atom. The molecule has 2 aliphatic heterocycles. The number of sulfonamides is 1. The van der Waals surface area contributed by atoms with E-state index in [1.807, 2.05) is 7.05 Å². The fourth-order valence-electron chi connectivity index (χ4n) is 3.24. The number of ether oxygens (including phenoxy) is 1. The molecule has 0 aliphatic carbocycles. The number of rotatable bonds is 2. The highest BCUT2D eigenvalue weighted by molar-refractivity contribution is 7.89. The van der Waals surface area contributed by atoms with Crippen molar-refractivity contribution in [2.45, 2.75) is 30.4 Å². The first-order valence-electron chi connectivity index (χ1n) is 7.48. The molecule has 2 saturated heterocycles. The summed E-state index contributed by atoms with van der Waals surface area (Å²) >= 11 is 0. The van der Waals surface area contributed by atoms with Gasteiger partial charge in [-0.25, -0.2) is 12.8 Å².